The van der Waals surface area contributed by atoms with E-state index in [2.05, 4.69) is 0 Å². The Kier molecular flexibility index (Phi) is 5.95. The maximum absolute atomic E-state index is 5.66. The van der Waals surface area contributed by atoms with Crippen LogP contribution in [0.1, 0.15) is 19.3 Å². The molecule has 2 rings (SSSR count). The number of methoxy groups -OCH3 is 2. The van der Waals surface area contributed by atoms with Gasteiger partial charge >= 0.3 is 0 Å². The Morgan fingerprint density at radius 3 is 2.70 bits per heavy atom. The summed E-state index contributed by atoms with van der Waals surface area (Å²) in [7, 11) is 3.22. The first-order chi connectivity index (χ1) is 9.83. The molecular weight excluding hydrogens is 260 g/mol. The van der Waals surface area contributed by atoms with Gasteiger partial charge < -0.3 is 23.7 Å². The largest absolute Gasteiger partial charge is 0.497 e. The van der Waals surface area contributed by atoms with Crippen LogP contribution in [-0.4, -0.2) is 40.3 Å². The second kappa shape index (κ2) is 7.97. The second-order valence-electron chi connectivity index (χ2n) is 4.53. The molecule has 0 amide bonds. The minimum absolute atomic E-state index is 0.0786. The van der Waals surface area contributed by atoms with Crippen LogP contribution in [0, 0.1) is 0 Å². The second-order valence-corrected chi connectivity index (χ2v) is 4.53. The van der Waals surface area contributed by atoms with Crippen LogP contribution < -0.4 is 14.2 Å². The lowest BCUT2D eigenvalue weighted by atomic mass is 10.2. The van der Waals surface area contributed by atoms with Gasteiger partial charge in [0.05, 0.1) is 20.8 Å². The van der Waals surface area contributed by atoms with E-state index in [-0.39, 0.29) is 6.29 Å². The highest BCUT2D eigenvalue weighted by atomic mass is 16.7. The Bertz CT molecular complexity index is 401. The predicted molar refractivity (Wildman–Crippen MR) is 74.6 cm³/mol. The molecule has 0 aromatic heterocycles. The highest BCUT2D eigenvalue weighted by Crippen LogP contribution is 2.31. The number of hydrogen-bond acceptors (Lipinski definition) is 5. The summed E-state index contributed by atoms with van der Waals surface area (Å²) >= 11 is 0. The Balaban J connectivity index is 1.75. The quantitative estimate of drug-likeness (QED) is 0.719. The van der Waals surface area contributed by atoms with E-state index in [9.17, 15) is 0 Å². The Labute approximate surface area is 119 Å². The van der Waals surface area contributed by atoms with Crippen LogP contribution in [0.3, 0.4) is 0 Å². The van der Waals surface area contributed by atoms with Crippen molar-refractivity contribution >= 4 is 0 Å². The van der Waals surface area contributed by atoms with Crippen molar-refractivity contribution in [3.8, 4) is 17.2 Å². The van der Waals surface area contributed by atoms with Crippen molar-refractivity contribution in [2.24, 2.45) is 0 Å². The summed E-state index contributed by atoms with van der Waals surface area (Å²) in [5.74, 6) is 2.07. The van der Waals surface area contributed by atoms with E-state index in [4.69, 9.17) is 23.7 Å². The molecule has 1 atom stereocenters. The summed E-state index contributed by atoms with van der Waals surface area (Å²) in [6, 6.07) is 5.46. The van der Waals surface area contributed by atoms with Gasteiger partial charge in [-0.1, -0.05) is 0 Å². The van der Waals surface area contributed by atoms with Crippen molar-refractivity contribution < 1.29 is 23.7 Å². The first kappa shape index (κ1) is 14.9. The summed E-state index contributed by atoms with van der Waals surface area (Å²) in [5.41, 5.74) is 0. The van der Waals surface area contributed by atoms with Crippen molar-refractivity contribution in [1.29, 1.82) is 0 Å². The monoisotopic (exact) mass is 282 g/mol. The maximum atomic E-state index is 5.66. The average Bonchev–Trinajstić information content (AvgIpc) is 2.52. The minimum Gasteiger partial charge on any atom is -0.497 e. The summed E-state index contributed by atoms with van der Waals surface area (Å²) in [4.78, 5) is 0. The molecule has 1 fully saturated rings. The van der Waals surface area contributed by atoms with Crippen LogP contribution in [0.4, 0.5) is 0 Å². The van der Waals surface area contributed by atoms with Gasteiger partial charge in [-0.05, 0) is 31.4 Å². The summed E-state index contributed by atoms with van der Waals surface area (Å²) < 4.78 is 27.2. The van der Waals surface area contributed by atoms with Gasteiger partial charge in [0.25, 0.3) is 0 Å². The molecule has 5 nitrogen and oxygen atoms in total. The summed E-state index contributed by atoms with van der Waals surface area (Å²) in [6.07, 6.45) is 3.17. The zero-order valence-corrected chi connectivity index (χ0v) is 12.1. The van der Waals surface area contributed by atoms with Crippen LogP contribution >= 0.6 is 0 Å². The molecule has 1 saturated heterocycles. The first-order valence-corrected chi connectivity index (χ1v) is 6.91. The highest BCUT2D eigenvalue weighted by Gasteiger charge is 2.14. The fraction of sp³-hybridized carbons (Fsp3) is 0.600. The van der Waals surface area contributed by atoms with Gasteiger partial charge in [-0.3, -0.25) is 0 Å². The topological polar surface area (TPSA) is 46.2 Å². The molecule has 112 valence electrons. The number of benzene rings is 1. The van der Waals surface area contributed by atoms with Gasteiger partial charge in [0.1, 0.15) is 12.4 Å². The molecular formula is C15H22O5. The van der Waals surface area contributed by atoms with E-state index in [1.54, 1.807) is 20.3 Å². The third kappa shape index (κ3) is 4.28. The van der Waals surface area contributed by atoms with Crippen LogP contribution in [-0.2, 0) is 9.47 Å². The molecule has 20 heavy (non-hydrogen) atoms. The van der Waals surface area contributed by atoms with Crippen LogP contribution in [0.15, 0.2) is 18.2 Å². The van der Waals surface area contributed by atoms with Crippen molar-refractivity contribution in [2.75, 3.05) is 34.0 Å². The maximum Gasteiger partial charge on any atom is 0.164 e. The molecule has 0 radical (unpaired) electrons. The van der Waals surface area contributed by atoms with Crippen LogP contribution in [0.25, 0.3) is 0 Å². The lowest BCUT2D eigenvalue weighted by Crippen LogP contribution is -2.24. The van der Waals surface area contributed by atoms with Gasteiger partial charge in [-0.2, -0.15) is 0 Å². The average molecular weight is 282 g/mol. The van der Waals surface area contributed by atoms with Gasteiger partial charge in [0.2, 0.25) is 0 Å². The molecule has 1 unspecified atom stereocenters. The fourth-order valence-electron chi connectivity index (χ4n) is 2.07. The minimum atomic E-state index is -0.0786. The molecule has 0 saturated carbocycles. The van der Waals surface area contributed by atoms with Crippen molar-refractivity contribution in [3.05, 3.63) is 18.2 Å². The third-order valence-electron chi connectivity index (χ3n) is 3.15. The van der Waals surface area contributed by atoms with Gasteiger partial charge in [0, 0.05) is 12.7 Å². The predicted octanol–water partition coefficient (Wildman–Crippen LogP) is 2.63. The van der Waals surface area contributed by atoms with E-state index in [1.807, 2.05) is 12.1 Å². The van der Waals surface area contributed by atoms with Gasteiger partial charge in [0.15, 0.2) is 17.8 Å². The standard InChI is InChI=1S/C15H22O5/c1-16-12-6-7-13(14(11-12)17-2)18-9-10-20-15-5-3-4-8-19-15/h6-7,11,15H,3-5,8-10H2,1-2H3. The first-order valence-electron chi connectivity index (χ1n) is 6.91. The summed E-state index contributed by atoms with van der Waals surface area (Å²) in [6.45, 7) is 1.75. The molecule has 0 N–H and O–H groups in total. The zero-order valence-electron chi connectivity index (χ0n) is 12.1. The number of rotatable bonds is 7. The molecule has 1 aliphatic heterocycles. The zero-order chi connectivity index (χ0) is 14.2. The SMILES string of the molecule is COc1ccc(OCCOC2CCCCO2)c(OC)c1. The lowest BCUT2D eigenvalue weighted by molar-refractivity contribution is -0.165. The molecule has 1 heterocycles. The molecule has 1 aromatic carbocycles. The molecule has 0 bridgehead atoms. The van der Waals surface area contributed by atoms with Crippen molar-refractivity contribution in [1.82, 2.24) is 0 Å². The van der Waals surface area contributed by atoms with E-state index < -0.39 is 0 Å². The molecule has 1 aliphatic rings. The molecule has 0 spiro atoms. The highest BCUT2D eigenvalue weighted by molar-refractivity contribution is 5.45. The van der Waals surface area contributed by atoms with Crippen molar-refractivity contribution in [2.45, 2.75) is 25.6 Å². The Morgan fingerprint density at radius 1 is 1.10 bits per heavy atom. The van der Waals surface area contributed by atoms with Gasteiger partial charge in [-0.15, -0.1) is 0 Å². The van der Waals surface area contributed by atoms with E-state index >= 15 is 0 Å². The van der Waals surface area contributed by atoms with E-state index in [0.29, 0.717) is 24.7 Å². The van der Waals surface area contributed by atoms with Crippen molar-refractivity contribution in [3.63, 3.8) is 0 Å². The molecule has 5 heteroatoms. The Morgan fingerprint density at radius 2 is 2.00 bits per heavy atom. The summed E-state index contributed by atoms with van der Waals surface area (Å²) in [5, 5.41) is 0. The molecule has 1 aromatic rings. The molecule has 0 aliphatic carbocycles. The smallest absolute Gasteiger partial charge is 0.164 e. The van der Waals surface area contributed by atoms with Crippen LogP contribution in [0.5, 0.6) is 17.2 Å². The number of ether oxygens (including phenoxy) is 5. The third-order valence-corrected chi connectivity index (χ3v) is 3.15. The fourth-order valence-corrected chi connectivity index (χ4v) is 2.07. The van der Waals surface area contributed by atoms with E-state index in [0.717, 1.165) is 31.6 Å². The van der Waals surface area contributed by atoms with Crippen LogP contribution in [0.2, 0.25) is 0 Å². The number of hydrogen-bond donors (Lipinski definition) is 0. The normalized spacial score (nSPS) is 18.6. The van der Waals surface area contributed by atoms with Gasteiger partial charge in [-0.25, -0.2) is 0 Å². The lowest BCUT2D eigenvalue weighted by Gasteiger charge is -2.22. The Hall–Kier alpha value is -1.46. The van der Waals surface area contributed by atoms with E-state index in [1.165, 1.54) is 0 Å².